The number of carbonyl (C=O) groups excluding carboxylic acids is 2. The maximum Gasteiger partial charge on any atom is 0.340 e. The molecular formula is C23H23ClN2O6S. The number of benzene rings is 2. The first-order valence-electron chi connectivity index (χ1n) is 10.5. The molecule has 0 bridgehead atoms. The molecule has 33 heavy (non-hydrogen) atoms. The van der Waals surface area contributed by atoms with E-state index >= 15 is 0 Å². The van der Waals surface area contributed by atoms with Crippen LogP contribution >= 0.6 is 11.6 Å². The summed E-state index contributed by atoms with van der Waals surface area (Å²) in [5.74, 6) is 0.0271. The van der Waals surface area contributed by atoms with Gasteiger partial charge in [-0.2, -0.15) is 8.42 Å². The standard InChI is InChI=1S/C23H23ClN2O6S/c1-14(27)15-7-8-20(31-2)16(10-15)13-32-23(28)17-11-21-19(12-18(17)24)26-9-5-3-4-6-22(26)25-33(21,29)30/h7-8,10-12H,3-6,9,13H2,1-2H3. The highest BCUT2D eigenvalue weighted by Gasteiger charge is 2.33. The Morgan fingerprint density at radius 2 is 1.94 bits per heavy atom. The normalized spacial score (nSPS) is 16.7. The minimum Gasteiger partial charge on any atom is -0.496 e. The van der Waals surface area contributed by atoms with Gasteiger partial charge in [0.2, 0.25) is 0 Å². The minimum atomic E-state index is -3.97. The summed E-state index contributed by atoms with van der Waals surface area (Å²) in [6, 6.07) is 7.54. The predicted molar refractivity (Wildman–Crippen MR) is 124 cm³/mol. The molecule has 2 aromatic carbocycles. The molecule has 1 saturated heterocycles. The summed E-state index contributed by atoms with van der Waals surface area (Å²) in [6.07, 6.45) is 3.33. The van der Waals surface area contributed by atoms with Gasteiger partial charge in [0, 0.05) is 24.1 Å². The average Bonchev–Trinajstić information content (AvgIpc) is 3.01. The lowest BCUT2D eigenvalue weighted by atomic mass is 10.1. The average molecular weight is 491 g/mol. The fourth-order valence-electron chi connectivity index (χ4n) is 3.98. The first-order valence-corrected chi connectivity index (χ1v) is 12.3. The van der Waals surface area contributed by atoms with Gasteiger partial charge in [-0.3, -0.25) is 4.79 Å². The zero-order valence-electron chi connectivity index (χ0n) is 18.3. The molecule has 0 unspecified atom stereocenters. The Labute approximate surface area is 197 Å². The summed E-state index contributed by atoms with van der Waals surface area (Å²) in [7, 11) is -2.50. The number of hydrogen-bond donors (Lipinski definition) is 0. The lowest BCUT2D eigenvalue weighted by molar-refractivity contribution is 0.0470. The van der Waals surface area contributed by atoms with Gasteiger partial charge in [0.25, 0.3) is 10.0 Å². The number of amidine groups is 1. The Kier molecular flexibility index (Phi) is 6.45. The molecule has 2 aliphatic rings. The Bertz CT molecular complexity index is 1270. The van der Waals surface area contributed by atoms with Gasteiger partial charge in [-0.05, 0) is 50.1 Å². The quantitative estimate of drug-likeness (QED) is 0.452. The number of sulfonamides is 1. The van der Waals surface area contributed by atoms with Crippen LogP contribution in [-0.4, -0.2) is 39.7 Å². The van der Waals surface area contributed by atoms with E-state index in [0.717, 1.165) is 19.3 Å². The Balaban J connectivity index is 1.64. The van der Waals surface area contributed by atoms with E-state index in [2.05, 4.69) is 4.40 Å². The lowest BCUT2D eigenvalue weighted by Crippen LogP contribution is -2.35. The van der Waals surface area contributed by atoms with Crippen LogP contribution in [0.25, 0.3) is 0 Å². The number of Topliss-reactive ketones (excluding diaryl/α,β-unsaturated/α-hetero) is 1. The molecular weight excluding hydrogens is 468 g/mol. The topological polar surface area (TPSA) is 102 Å². The fourth-order valence-corrected chi connectivity index (χ4v) is 5.49. The number of hydrogen-bond acceptors (Lipinski definition) is 7. The van der Waals surface area contributed by atoms with Crippen LogP contribution in [0.4, 0.5) is 5.69 Å². The zero-order valence-corrected chi connectivity index (χ0v) is 19.8. The first kappa shape index (κ1) is 23.3. The van der Waals surface area contributed by atoms with Gasteiger partial charge >= 0.3 is 5.97 Å². The molecule has 0 atom stereocenters. The Morgan fingerprint density at radius 3 is 2.67 bits per heavy atom. The number of ether oxygens (including phenoxy) is 2. The molecule has 0 radical (unpaired) electrons. The van der Waals surface area contributed by atoms with Gasteiger partial charge in [-0.25, -0.2) is 4.79 Å². The number of esters is 1. The molecule has 8 nitrogen and oxygen atoms in total. The van der Waals surface area contributed by atoms with E-state index in [-0.39, 0.29) is 27.9 Å². The summed E-state index contributed by atoms with van der Waals surface area (Å²) in [4.78, 5) is 26.3. The van der Waals surface area contributed by atoms with Crippen molar-refractivity contribution in [3.8, 4) is 5.75 Å². The number of methoxy groups -OCH3 is 1. The molecule has 4 rings (SSSR count). The van der Waals surface area contributed by atoms with Crippen molar-refractivity contribution in [3.05, 3.63) is 52.0 Å². The van der Waals surface area contributed by atoms with Crippen LogP contribution in [0, 0.1) is 0 Å². The fraction of sp³-hybridized carbons (Fsp3) is 0.348. The van der Waals surface area contributed by atoms with Crippen molar-refractivity contribution in [2.24, 2.45) is 4.40 Å². The summed E-state index contributed by atoms with van der Waals surface area (Å²) >= 11 is 6.40. The molecule has 10 heteroatoms. The number of fused-ring (bicyclic) bond motifs is 3. The number of nitrogens with zero attached hydrogens (tertiary/aromatic N) is 2. The van der Waals surface area contributed by atoms with Crippen LogP contribution in [0.5, 0.6) is 5.75 Å². The van der Waals surface area contributed by atoms with Gasteiger partial charge in [-0.15, -0.1) is 4.40 Å². The van der Waals surface area contributed by atoms with E-state index in [4.69, 9.17) is 21.1 Å². The number of halogens is 1. The molecule has 174 valence electrons. The number of ketones is 1. The minimum absolute atomic E-state index is 0.0688. The number of rotatable bonds is 5. The van der Waals surface area contributed by atoms with Gasteiger partial charge in [0.1, 0.15) is 23.1 Å². The molecule has 0 spiro atoms. The maximum absolute atomic E-state index is 12.8. The molecule has 2 aromatic rings. The molecule has 0 amide bonds. The van der Waals surface area contributed by atoms with Crippen LogP contribution in [0.3, 0.4) is 0 Å². The van der Waals surface area contributed by atoms with Crippen LogP contribution < -0.4 is 9.64 Å². The maximum atomic E-state index is 12.8. The smallest absolute Gasteiger partial charge is 0.340 e. The highest BCUT2D eigenvalue weighted by atomic mass is 35.5. The van der Waals surface area contributed by atoms with Crippen molar-refractivity contribution in [2.75, 3.05) is 18.6 Å². The van der Waals surface area contributed by atoms with Crippen LogP contribution in [0.15, 0.2) is 39.6 Å². The summed E-state index contributed by atoms with van der Waals surface area (Å²) in [5.41, 5.74) is 1.30. The first-order chi connectivity index (χ1) is 15.7. The van der Waals surface area contributed by atoms with E-state index in [0.29, 0.717) is 41.4 Å². The Hall–Kier alpha value is -2.91. The second-order valence-electron chi connectivity index (χ2n) is 7.90. The van der Waals surface area contributed by atoms with Gasteiger partial charge in [-0.1, -0.05) is 18.0 Å². The summed E-state index contributed by atoms with van der Waals surface area (Å²) < 4.78 is 40.3. The van der Waals surface area contributed by atoms with E-state index in [1.54, 1.807) is 18.2 Å². The molecule has 0 saturated carbocycles. The number of anilines is 1. The van der Waals surface area contributed by atoms with Crippen LogP contribution in [0.2, 0.25) is 5.02 Å². The van der Waals surface area contributed by atoms with Crippen LogP contribution in [0.1, 0.15) is 58.9 Å². The molecule has 2 heterocycles. The predicted octanol–water partition coefficient (Wildman–Crippen LogP) is 4.39. The van der Waals surface area contributed by atoms with Gasteiger partial charge in [0.05, 0.1) is 23.4 Å². The second-order valence-corrected chi connectivity index (χ2v) is 9.88. The van der Waals surface area contributed by atoms with E-state index in [9.17, 15) is 18.0 Å². The zero-order chi connectivity index (χ0) is 23.8. The van der Waals surface area contributed by atoms with E-state index in [1.807, 2.05) is 4.90 Å². The monoisotopic (exact) mass is 490 g/mol. The number of carbonyl (C=O) groups is 2. The third kappa shape index (κ3) is 4.60. The highest BCUT2D eigenvalue weighted by Crippen LogP contribution is 2.38. The van der Waals surface area contributed by atoms with E-state index in [1.165, 1.54) is 26.2 Å². The highest BCUT2D eigenvalue weighted by molar-refractivity contribution is 7.90. The van der Waals surface area contributed by atoms with Crippen molar-refractivity contribution in [1.29, 1.82) is 0 Å². The Morgan fingerprint density at radius 1 is 1.15 bits per heavy atom. The molecule has 1 fully saturated rings. The molecule has 0 aromatic heterocycles. The third-order valence-corrected chi connectivity index (χ3v) is 7.35. The molecule has 0 aliphatic carbocycles. The summed E-state index contributed by atoms with van der Waals surface area (Å²) in [6.45, 7) is 1.88. The van der Waals surface area contributed by atoms with Gasteiger partial charge < -0.3 is 14.4 Å². The van der Waals surface area contributed by atoms with E-state index < -0.39 is 16.0 Å². The van der Waals surface area contributed by atoms with Crippen molar-refractivity contribution in [3.63, 3.8) is 0 Å². The van der Waals surface area contributed by atoms with Crippen molar-refractivity contribution in [1.82, 2.24) is 0 Å². The second kappa shape index (κ2) is 9.15. The van der Waals surface area contributed by atoms with Crippen molar-refractivity contribution < 1.29 is 27.5 Å². The molecule has 2 aliphatic heterocycles. The van der Waals surface area contributed by atoms with Crippen molar-refractivity contribution >= 4 is 44.9 Å². The third-order valence-electron chi connectivity index (χ3n) is 5.70. The van der Waals surface area contributed by atoms with Crippen LogP contribution in [-0.2, 0) is 21.4 Å². The lowest BCUT2D eigenvalue weighted by Gasteiger charge is -2.30. The summed E-state index contributed by atoms with van der Waals surface area (Å²) in [5, 5.41) is 0.0869. The largest absolute Gasteiger partial charge is 0.496 e. The van der Waals surface area contributed by atoms with Crippen molar-refractivity contribution in [2.45, 2.75) is 44.1 Å². The molecule has 0 N–H and O–H groups in total. The van der Waals surface area contributed by atoms with Gasteiger partial charge in [0.15, 0.2) is 5.78 Å². The SMILES string of the molecule is COc1ccc(C(C)=O)cc1COC(=O)c1cc2c(cc1Cl)N1CCCCCC1=NS2(=O)=O.